The van der Waals surface area contributed by atoms with Crippen LogP contribution in [0.3, 0.4) is 0 Å². The van der Waals surface area contributed by atoms with Crippen LogP contribution in [0.25, 0.3) is 0 Å². The molecule has 28 heavy (non-hydrogen) atoms. The molecule has 1 unspecified atom stereocenters. The standard InChI is InChI=1S/C20H31N5O2.HI/c1-6-21-20(22-12-16-13-23-25(5)14-16)24-15(4)17-9-10-18(26-7-2)19(11-17)27-8-3;/h9-11,13-15H,6-8,12H2,1-5H3,(H2,21,22,24);1H. The molecule has 8 heteroatoms. The van der Waals surface area contributed by atoms with Crippen molar-refractivity contribution in [1.29, 1.82) is 0 Å². The van der Waals surface area contributed by atoms with E-state index in [2.05, 4.69) is 40.6 Å². The average molecular weight is 501 g/mol. The van der Waals surface area contributed by atoms with E-state index in [1.54, 1.807) is 4.68 Å². The summed E-state index contributed by atoms with van der Waals surface area (Å²) >= 11 is 0. The summed E-state index contributed by atoms with van der Waals surface area (Å²) in [5, 5.41) is 10.9. The average Bonchev–Trinajstić information content (AvgIpc) is 3.07. The number of rotatable bonds is 9. The highest BCUT2D eigenvalue weighted by atomic mass is 127. The second kappa shape index (κ2) is 12.5. The van der Waals surface area contributed by atoms with E-state index in [9.17, 15) is 0 Å². The largest absolute Gasteiger partial charge is 0.490 e. The number of hydrogen-bond donors (Lipinski definition) is 2. The zero-order chi connectivity index (χ0) is 19.6. The first-order chi connectivity index (χ1) is 13.1. The number of nitrogens with one attached hydrogen (secondary N) is 2. The lowest BCUT2D eigenvalue weighted by Crippen LogP contribution is -2.38. The Morgan fingerprint density at radius 3 is 2.50 bits per heavy atom. The van der Waals surface area contributed by atoms with Crippen molar-refractivity contribution in [2.24, 2.45) is 12.0 Å². The number of hydrogen-bond acceptors (Lipinski definition) is 4. The molecule has 156 valence electrons. The molecule has 0 bridgehead atoms. The first-order valence-corrected chi connectivity index (χ1v) is 9.49. The lowest BCUT2D eigenvalue weighted by Gasteiger charge is -2.20. The van der Waals surface area contributed by atoms with E-state index < -0.39 is 0 Å². The molecular formula is C20H32IN5O2. The summed E-state index contributed by atoms with van der Waals surface area (Å²) in [6.45, 7) is 10.7. The van der Waals surface area contributed by atoms with Crippen LogP contribution in [0.15, 0.2) is 35.6 Å². The van der Waals surface area contributed by atoms with E-state index in [1.165, 1.54) is 0 Å². The van der Waals surface area contributed by atoms with Crippen molar-refractivity contribution in [2.75, 3.05) is 19.8 Å². The molecule has 0 aliphatic carbocycles. The number of nitrogens with zero attached hydrogens (tertiary/aromatic N) is 3. The molecule has 0 amide bonds. The van der Waals surface area contributed by atoms with Crippen molar-refractivity contribution in [3.8, 4) is 11.5 Å². The first-order valence-electron chi connectivity index (χ1n) is 9.49. The summed E-state index contributed by atoms with van der Waals surface area (Å²) < 4.78 is 13.2. The topological polar surface area (TPSA) is 72.7 Å². The van der Waals surface area contributed by atoms with Crippen LogP contribution >= 0.6 is 24.0 Å². The highest BCUT2D eigenvalue weighted by molar-refractivity contribution is 14.0. The fraction of sp³-hybridized carbons (Fsp3) is 0.500. The van der Waals surface area contributed by atoms with E-state index in [1.807, 2.05) is 45.4 Å². The van der Waals surface area contributed by atoms with Gasteiger partial charge in [-0.05, 0) is 45.4 Å². The Kier molecular flexibility index (Phi) is 10.7. The molecule has 2 aromatic rings. The van der Waals surface area contributed by atoms with Crippen molar-refractivity contribution in [2.45, 2.75) is 40.3 Å². The van der Waals surface area contributed by atoms with Gasteiger partial charge in [0.05, 0.1) is 32.0 Å². The molecule has 0 aliphatic heterocycles. The molecule has 1 aromatic carbocycles. The van der Waals surface area contributed by atoms with Crippen molar-refractivity contribution < 1.29 is 9.47 Å². The first kappa shape index (κ1) is 24.1. The minimum absolute atomic E-state index is 0. The smallest absolute Gasteiger partial charge is 0.192 e. The summed E-state index contributed by atoms with van der Waals surface area (Å²) in [4.78, 5) is 4.65. The lowest BCUT2D eigenvalue weighted by molar-refractivity contribution is 0.287. The van der Waals surface area contributed by atoms with Gasteiger partial charge in [-0.3, -0.25) is 4.68 Å². The van der Waals surface area contributed by atoms with Crippen LogP contribution in [-0.2, 0) is 13.6 Å². The van der Waals surface area contributed by atoms with Gasteiger partial charge in [0.2, 0.25) is 0 Å². The number of aromatic nitrogens is 2. The van der Waals surface area contributed by atoms with E-state index in [0.29, 0.717) is 19.8 Å². The lowest BCUT2D eigenvalue weighted by atomic mass is 10.1. The zero-order valence-corrected chi connectivity index (χ0v) is 19.7. The molecule has 0 aliphatic rings. The highest BCUT2D eigenvalue weighted by Crippen LogP contribution is 2.30. The van der Waals surface area contributed by atoms with Gasteiger partial charge in [-0.15, -0.1) is 24.0 Å². The maximum absolute atomic E-state index is 5.73. The van der Waals surface area contributed by atoms with Gasteiger partial charge in [0.25, 0.3) is 0 Å². The number of benzene rings is 1. The summed E-state index contributed by atoms with van der Waals surface area (Å²) in [5.74, 6) is 2.30. The molecule has 1 aromatic heterocycles. The fourth-order valence-electron chi connectivity index (χ4n) is 2.67. The molecule has 1 atom stereocenters. The number of halogens is 1. The van der Waals surface area contributed by atoms with E-state index in [-0.39, 0.29) is 30.0 Å². The zero-order valence-electron chi connectivity index (χ0n) is 17.4. The maximum atomic E-state index is 5.73. The predicted molar refractivity (Wildman–Crippen MR) is 124 cm³/mol. The van der Waals surface area contributed by atoms with Crippen molar-refractivity contribution in [3.05, 3.63) is 41.7 Å². The molecule has 0 saturated carbocycles. The van der Waals surface area contributed by atoms with Gasteiger partial charge < -0.3 is 20.1 Å². The SMILES string of the molecule is CCNC(=NCc1cnn(C)c1)NC(C)c1ccc(OCC)c(OCC)c1.I. The quantitative estimate of drug-likeness (QED) is 0.312. The molecule has 1 heterocycles. The Morgan fingerprint density at radius 2 is 1.89 bits per heavy atom. The summed E-state index contributed by atoms with van der Waals surface area (Å²) in [6, 6.07) is 6.10. The molecule has 7 nitrogen and oxygen atoms in total. The maximum Gasteiger partial charge on any atom is 0.192 e. The van der Waals surface area contributed by atoms with Gasteiger partial charge in [-0.2, -0.15) is 5.10 Å². The van der Waals surface area contributed by atoms with Gasteiger partial charge in [-0.25, -0.2) is 4.99 Å². The molecule has 0 radical (unpaired) electrons. The predicted octanol–water partition coefficient (Wildman–Crippen LogP) is 3.65. The molecule has 2 N–H and O–H groups in total. The van der Waals surface area contributed by atoms with E-state index >= 15 is 0 Å². The van der Waals surface area contributed by atoms with Crippen LogP contribution in [0.4, 0.5) is 0 Å². The van der Waals surface area contributed by atoms with Crippen LogP contribution in [0, 0.1) is 0 Å². The second-order valence-electron chi connectivity index (χ2n) is 6.16. The van der Waals surface area contributed by atoms with Crippen molar-refractivity contribution in [3.63, 3.8) is 0 Å². The van der Waals surface area contributed by atoms with E-state index in [4.69, 9.17) is 9.47 Å². The second-order valence-corrected chi connectivity index (χ2v) is 6.16. The van der Waals surface area contributed by atoms with Gasteiger partial charge in [0, 0.05) is 25.4 Å². The minimum atomic E-state index is 0. The number of aliphatic imine (C=N–C) groups is 1. The van der Waals surface area contributed by atoms with Crippen LogP contribution in [0.1, 0.15) is 44.9 Å². The third-order valence-electron chi connectivity index (χ3n) is 3.94. The van der Waals surface area contributed by atoms with Crippen molar-refractivity contribution >= 4 is 29.9 Å². The molecule has 0 spiro atoms. The van der Waals surface area contributed by atoms with E-state index in [0.717, 1.165) is 35.1 Å². The molecule has 0 fully saturated rings. The third kappa shape index (κ3) is 7.21. The normalized spacial score (nSPS) is 12.1. The number of ether oxygens (including phenoxy) is 2. The number of aryl methyl sites for hydroxylation is 1. The molecule has 0 saturated heterocycles. The summed E-state index contributed by atoms with van der Waals surface area (Å²) in [5.41, 5.74) is 2.18. The fourth-order valence-corrected chi connectivity index (χ4v) is 2.67. The van der Waals surface area contributed by atoms with Gasteiger partial charge in [0.15, 0.2) is 17.5 Å². The highest BCUT2D eigenvalue weighted by Gasteiger charge is 2.12. The number of guanidine groups is 1. The molecule has 2 rings (SSSR count). The summed E-state index contributed by atoms with van der Waals surface area (Å²) in [7, 11) is 1.90. The Hall–Kier alpha value is -1.97. The Balaban J connectivity index is 0.00000392. The summed E-state index contributed by atoms with van der Waals surface area (Å²) in [6.07, 6.45) is 3.80. The van der Waals surface area contributed by atoms with Crippen molar-refractivity contribution in [1.82, 2.24) is 20.4 Å². The Labute approximate surface area is 184 Å². The van der Waals surface area contributed by atoms with Crippen LogP contribution in [0.5, 0.6) is 11.5 Å². The van der Waals surface area contributed by atoms with Gasteiger partial charge in [0.1, 0.15) is 0 Å². The Bertz CT molecular complexity index is 748. The molecular weight excluding hydrogens is 469 g/mol. The van der Waals surface area contributed by atoms with Gasteiger partial charge >= 0.3 is 0 Å². The minimum Gasteiger partial charge on any atom is -0.490 e. The van der Waals surface area contributed by atoms with Crippen LogP contribution in [-0.4, -0.2) is 35.5 Å². The van der Waals surface area contributed by atoms with Gasteiger partial charge in [-0.1, -0.05) is 6.07 Å². The van der Waals surface area contributed by atoms with Crippen LogP contribution < -0.4 is 20.1 Å². The third-order valence-corrected chi connectivity index (χ3v) is 3.94. The monoisotopic (exact) mass is 501 g/mol. The Morgan fingerprint density at radius 1 is 1.18 bits per heavy atom. The van der Waals surface area contributed by atoms with Crippen LogP contribution in [0.2, 0.25) is 0 Å².